The van der Waals surface area contributed by atoms with Crippen LogP contribution in [0.25, 0.3) is 0 Å². The maximum absolute atomic E-state index is 5.58. The van der Waals surface area contributed by atoms with Crippen LogP contribution in [0.2, 0.25) is 0 Å². The molecule has 17 heavy (non-hydrogen) atoms. The summed E-state index contributed by atoms with van der Waals surface area (Å²) in [5, 5.41) is 0. The molecule has 0 aliphatic heterocycles. The molecule has 0 amide bonds. The van der Waals surface area contributed by atoms with Crippen LogP contribution in [0.15, 0.2) is 30.3 Å². The molecule has 1 unspecified atom stereocenters. The Bertz CT molecular complexity index is 334. The zero-order valence-corrected chi connectivity index (χ0v) is 10.6. The van der Waals surface area contributed by atoms with Crippen molar-refractivity contribution in [2.45, 2.75) is 32.5 Å². The van der Waals surface area contributed by atoms with Gasteiger partial charge in [0, 0.05) is 25.6 Å². The van der Waals surface area contributed by atoms with Crippen molar-refractivity contribution >= 4 is 0 Å². The van der Waals surface area contributed by atoms with E-state index in [-0.39, 0.29) is 12.2 Å². The molecule has 2 heteroatoms. The van der Waals surface area contributed by atoms with Gasteiger partial charge in [-0.05, 0) is 19.4 Å². The molecule has 0 heterocycles. The summed E-state index contributed by atoms with van der Waals surface area (Å²) in [6.07, 6.45) is 6.06. The summed E-state index contributed by atoms with van der Waals surface area (Å²) in [4.78, 5) is 0. The van der Waals surface area contributed by atoms with E-state index in [2.05, 4.69) is 5.92 Å². The van der Waals surface area contributed by atoms with Crippen molar-refractivity contribution in [1.29, 1.82) is 0 Å². The lowest BCUT2D eigenvalue weighted by Crippen LogP contribution is -2.20. The summed E-state index contributed by atoms with van der Waals surface area (Å²) in [5.41, 5.74) is 1.14. The fourth-order valence-corrected chi connectivity index (χ4v) is 1.73. The third kappa shape index (κ3) is 4.60. The molecule has 1 aromatic rings. The predicted molar refractivity (Wildman–Crippen MR) is 69.7 cm³/mol. The van der Waals surface area contributed by atoms with Gasteiger partial charge in [0.2, 0.25) is 0 Å². The number of benzene rings is 1. The molecule has 0 aliphatic carbocycles. The standard InChI is InChI=1S/C15H20O2/c1-4-13(14-10-8-7-9-11-14)12-15(16-5-2)17-6-3/h1,7-11,13,15H,5-6,12H2,2-3H3. The van der Waals surface area contributed by atoms with E-state index in [0.29, 0.717) is 19.6 Å². The first-order valence-corrected chi connectivity index (χ1v) is 6.06. The summed E-state index contributed by atoms with van der Waals surface area (Å²) < 4.78 is 11.0. The second-order valence-corrected chi connectivity index (χ2v) is 3.71. The Labute approximate surface area is 104 Å². The van der Waals surface area contributed by atoms with E-state index in [1.54, 1.807) is 0 Å². The van der Waals surface area contributed by atoms with Gasteiger partial charge < -0.3 is 9.47 Å². The third-order valence-electron chi connectivity index (χ3n) is 2.54. The van der Waals surface area contributed by atoms with Crippen molar-refractivity contribution in [2.75, 3.05) is 13.2 Å². The zero-order chi connectivity index (χ0) is 12.5. The lowest BCUT2D eigenvalue weighted by atomic mass is 9.96. The topological polar surface area (TPSA) is 18.5 Å². The van der Waals surface area contributed by atoms with E-state index >= 15 is 0 Å². The van der Waals surface area contributed by atoms with Crippen LogP contribution in [0.4, 0.5) is 0 Å². The maximum Gasteiger partial charge on any atom is 0.159 e. The molecule has 1 rings (SSSR count). The largest absolute Gasteiger partial charge is 0.353 e. The number of rotatable bonds is 7. The molecule has 0 N–H and O–H groups in total. The Morgan fingerprint density at radius 2 is 1.71 bits per heavy atom. The van der Waals surface area contributed by atoms with Gasteiger partial charge in [-0.2, -0.15) is 0 Å². The van der Waals surface area contributed by atoms with Crippen LogP contribution in [0, 0.1) is 12.3 Å². The third-order valence-corrected chi connectivity index (χ3v) is 2.54. The van der Waals surface area contributed by atoms with E-state index < -0.39 is 0 Å². The molecule has 0 saturated carbocycles. The second-order valence-electron chi connectivity index (χ2n) is 3.71. The van der Waals surface area contributed by atoms with E-state index in [9.17, 15) is 0 Å². The lowest BCUT2D eigenvalue weighted by molar-refractivity contribution is -0.140. The molecular formula is C15H20O2. The summed E-state index contributed by atoms with van der Waals surface area (Å²) in [6.45, 7) is 5.19. The van der Waals surface area contributed by atoms with Crippen LogP contribution in [-0.4, -0.2) is 19.5 Å². The van der Waals surface area contributed by atoms with Crippen LogP contribution in [0.3, 0.4) is 0 Å². The number of hydrogen-bond acceptors (Lipinski definition) is 2. The smallest absolute Gasteiger partial charge is 0.159 e. The van der Waals surface area contributed by atoms with Gasteiger partial charge in [-0.25, -0.2) is 0 Å². The molecule has 0 aromatic heterocycles. The highest BCUT2D eigenvalue weighted by molar-refractivity contribution is 5.26. The molecule has 0 bridgehead atoms. The average Bonchev–Trinajstić information content (AvgIpc) is 2.37. The van der Waals surface area contributed by atoms with Crippen molar-refractivity contribution in [3.05, 3.63) is 35.9 Å². The van der Waals surface area contributed by atoms with Crippen molar-refractivity contribution in [3.63, 3.8) is 0 Å². The summed E-state index contributed by atoms with van der Waals surface area (Å²) in [5.74, 6) is 2.85. The molecule has 1 atom stereocenters. The highest BCUT2D eigenvalue weighted by Gasteiger charge is 2.16. The van der Waals surface area contributed by atoms with E-state index in [1.807, 2.05) is 44.2 Å². The quantitative estimate of drug-likeness (QED) is 0.531. The Hall–Kier alpha value is -1.30. The predicted octanol–water partition coefficient (Wildman–Crippen LogP) is 3.19. The minimum Gasteiger partial charge on any atom is -0.353 e. The molecule has 1 aromatic carbocycles. The molecule has 92 valence electrons. The molecule has 0 spiro atoms. The van der Waals surface area contributed by atoms with Crippen molar-refractivity contribution in [2.24, 2.45) is 0 Å². The van der Waals surface area contributed by atoms with Gasteiger partial charge in [-0.1, -0.05) is 36.3 Å². The number of hydrogen-bond donors (Lipinski definition) is 0. The van der Waals surface area contributed by atoms with Gasteiger partial charge in [-0.15, -0.1) is 6.42 Å². The van der Waals surface area contributed by atoms with Crippen molar-refractivity contribution < 1.29 is 9.47 Å². The number of terminal acetylenes is 1. The van der Waals surface area contributed by atoms with Crippen LogP contribution < -0.4 is 0 Å². The second kappa shape index (κ2) is 7.89. The number of ether oxygens (including phenoxy) is 2. The van der Waals surface area contributed by atoms with Gasteiger partial charge >= 0.3 is 0 Å². The van der Waals surface area contributed by atoms with Crippen LogP contribution in [0.5, 0.6) is 0 Å². The summed E-state index contributed by atoms with van der Waals surface area (Å²) >= 11 is 0. The molecule has 0 saturated heterocycles. The van der Waals surface area contributed by atoms with E-state index in [0.717, 1.165) is 5.56 Å². The molecule has 0 radical (unpaired) electrons. The highest BCUT2D eigenvalue weighted by Crippen LogP contribution is 2.22. The summed E-state index contributed by atoms with van der Waals surface area (Å²) in [7, 11) is 0. The van der Waals surface area contributed by atoms with Gasteiger partial charge in [0.1, 0.15) is 0 Å². The Kier molecular flexibility index (Phi) is 6.39. The first-order valence-electron chi connectivity index (χ1n) is 6.06. The van der Waals surface area contributed by atoms with E-state index in [4.69, 9.17) is 15.9 Å². The fraction of sp³-hybridized carbons (Fsp3) is 0.467. The molecule has 0 aliphatic rings. The SMILES string of the molecule is C#CC(CC(OCC)OCC)c1ccccc1. The Balaban J connectivity index is 2.65. The molecule has 0 fully saturated rings. The molecule has 2 nitrogen and oxygen atoms in total. The maximum atomic E-state index is 5.58. The fourth-order valence-electron chi connectivity index (χ4n) is 1.73. The van der Waals surface area contributed by atoms with Gasteiger partial charge in [0.25, 0.3) is 0 Å². The zero-order valence-electron chi connectivity index (χ0n) is 10.6. The van der Waals surface area contributed by atoms with Gasteiger partial charge in [0.15, 0.2) is 6.29 Å². The van der Waals surface area contributed by atoms with Crippen LogP contribution >= 0.6 is 0 Å². The van der Waals surface area contributed by atoms with Gasteiger partial charge in [-0.3, -0.25) is 0 Å². The van der Waals surface area contributed by atoms with Crippen LogP contribution in [0.1, 0.15) is 31.7 Å². The first kappa shape index (κ1) is 13.8. The highest BCUT2D eigenvalue weighted by atomic mass is 16.7. The van der Waals surface area contributed by atoms with Gasteiger partial charge in [0.05, 0.1) is 0 Å². The minimum absolute atomic E-state index is 0.0410. The molecular weight excluding hydrogens is 212 g/mol. The minimum atomic E-state index is -0.216. The first-order chi connectivity index (χ1) is 8.31. The monoisotopic (exact) mass is 232 g/mol. The van der Waals surface area contributed by atoms with Crippen molar-refractivity contribution in [1.82, 2.24) is 0 Å². The Morgan fingerprint density at radius 1 is 1.12 bits per heavy atom. The van der Waals surface area contributed by atoms with E-state index in [1.165, 1.54) is 0 Å². The Morgan fingerprint density at radius 3 is 2.18 bits per heavy atom. The van der Waals surface area contributed by atoms with Crippen LogP contribution in [-0.2, 0) is 9.47 Å². The summed E-state index contributed by atoms with van der Waals surface area (Å²) in [6, 6.07) is 10.1. The van der Waals surface area contributed by atoms with Crippen molar-refractivity contribution in [3.8, 4) is 12.3 Å². The normalized spacial score (nSPS) is 12.4. The lowest BCUT2D eigenvalue weighted by Gasteiger charge is -2.20. The average molecular weight is 232 g/mol.